The molecule has 0 aliphatic carbocycles. The van der Waals surface area contributed by atoms with Gasteiger partial charge >= 0.3 is 6.03 Å². The van der Waals surface area contributed by atoms with E-state index in [2.05, 4.69) is 6.92 Å². The van der Waals surface area contributed by atoms with Gasteiger partial charge in [0.2, 0.25) is 0 Å². The number of unbranched alkanes of at least 4 members (excludes halogenated alkanes) is 1. The molecule has 0 aliphatic heterocycles. The highest BCUT2D eigenvalue weighted by molar-refractivity contribution is 5.70. The standard InChI is InChI=1S/C12H20N2O3/c1-3-4-9-16-14(12(13)15)8-7-11-6-5-10(2)17-11/h5-6H,3-4,7-9H2,1-2H3,(H2,13,15). The molecule has 1 aromatic heterocycles. The lowest BCUT2D eigenvalue weighted by Gasteiger charge is -2.18. The van der Waals surface area contributed by atoms with Crippen LogP contribution in [0.5, 0.6) is 0 Å². The first-order valence-electron chi connectivity index (χ1n) is 5.88. The number of amides is 2. The summed E-state index contributed by atoms with van der Waals surface area (Å²) in [7, 11) is 0. The van der Waals surface area contributed by atoms with Gasteiger partial charge < -0.3 is 10.2 Å². The van der Waals surface area contributed by atoms with Gasteiger partial charge in [-0.1, -0.05) is 13.3 Å². The Kier molecular flexibility index (Phi) is 5.56. The smallest absolute Gasteiger partial charge is 0.338 e. The molecule has 0 radical (unpaired) electrons. The Hall–Kier alpha value is -1.49. The topological polar surface area (TPSA) is 68.7 Å². The summed E-state index contributed by atoms with van der Waals surface area (Å²) in [5.74, 6) is 1.69. The summed E-state index contributed by atoms with van der Waals surface area (Å²) >= 11 is 0. The van der Waals surface area contributed by atoms with E-state index >= 15 is 0 Å². The van der Waals surface area contributed by atoms with E-state index in [1.54, 1.807) is 0 Å². The summed E-state index contributed by atoms with van der Waals surface area (Å²) in [6.07, 6.45) is 2.52. The minimum Gasteiger partial charge on any atom is -0.466 e. The zero-order valence-corrected chi connectivity index (χ0v) is 10.4. The average molecular weight is 240 g/mol. The van der Waals surface area contributed by atoms with E-state index in [0.717, 1.165) is 24.4 Å². The maximum absolute atomic E-state index is 11.1. The molecule has 0 saturated heterocycles. The summed E-state index contributed by atoms with van der Waals surface area (Å²) in [4.78, 5) is 16.4. The Balaban J connectivity index is 2.36. The second-order valence-electron chi connectivity index (χ2n) is 3.89. The van der Waals surface area contributed by atoms with Crippen molar-refractivity contribution in [2.75, 3.05) is 13.2 Å². The summed E-state index contributed by atoms with van der Waals surface area (Å²) in [6, 6.07) is 3.21. The fourth-order valence-corrected chi connectivity index (χ4v) is 1.39. The molecule has 5 nitrogen and oxygen atoms in total. The normalized spacial score (nSPS) is 10.5. The first kappa shape index (κ1) is 13.6. The number of urea groups is 1. The number of hydrogen-bond donors (Lipinski definition) is 1. The zero-order chi connectivity index (χ0) is 12.7. The van der Waals surface area contributed by atoms with E-state index in [1.807, 2.05) is 19.1 Å². The third-order valence-electron chi connectivity index (χ3n) is 2.35. The number of primary amides is 1. The minimum atomic E-state index is -0.565. The molecule has 0 bridgehead atoms. The van der Waals surface area contributed by atoms with Crippen molar-refractivity contribution >= 4 is 6.03 Å². The van der Waals surface area contributed by atoms with Gasteiger partial charge in [0.1, 0.15) is 11.5 Å². The molecule has 0 saturated carbocycles. The van der Waals surface area contributed by atoms with Crippen molar-refractivity contribution < 1.29 is 14.0 Å². The van der Waals surface area contributed by atoms with Crippen molar-refractivity contribution in [3.05, 3.63) is 23.7 Å². The molecule has 0 aromatic carbocycles. The highest BCUT2D eigenvalue weighted by Crippen LogP contribution is 2.08. The van der Waals surface area contributed by atoms with Crippen molar-refractivity contribution in [2.24, 2.45) is 5.73 Å². The maximum atomic E-state index is 11.1. The Bertz CT molecular complexity index is 349. The van der Waals surface area contributed by atoms with Crippen molar-refractivity contribution in [1.82, 2.24) is 5.06 Å². The summed E-state index contributed by atoms with van der Waals surface area (Å²) in [5.41, 5.74) is 5.22. The molecule has 0 aliphatic rings. The van der Waals surface area contributed by atoms with Crippen LogP contribution in [-0.2, 0) is 11.3 Å². The van der Waals surface area contributed by atoms with Crippen molar-refractivity contribution in [1.29, 1.82) is 0 Å². The predicted molar refractivity (Wildman–Crippen MR) is 64.3 cm³/mol. The lowest BCUT2D eigenvalue weighted by molar-refractivity contribution is -0.115. The zero-order valence-electron chi connectivity index (χ0n) is 10.4. The largest absolute Gasteiger partial charge is 0.466 e. The van der Waals surface area contributed by atoms with E-state index in [9.17, 15) is 4.79 Å². The van der Waals surface area contributed by atoms with Gasteiger partial charge in [-0.25, -0.2) is 9.86 Å². The molecule has 0 atom stereocenters. The predicted octanol–water partition coefficient (Wildman–Crippen LogP) is 2.24. The van der Waals surface area contributed by atoms with Gasteiger partial charge in [0.15, 0.2) is 0 Å². The quantitative estimate of drug-likeness (QED) is 0.587. The lowest BCUT2D eigenvalue weighted by Crippen LogP contribution is -2.37. The number of furan rings is 1. The van der Waals surface area contributed by atoms with Crippen molar-refractivity contribution in [2.45, 2.75) is 33.1 Å². The molecule has 2 N–H and O–H groups in total. The van der Waals surface area contributed by atoms with Crippen LogP contribution in [0.3, 0.4) is 0 Å². The first-order chi connectivity index (χ1) is 8.13. The molecule has 2 amide bonds. The molecule has 1 heterocycles. The van der Waals surface area contributed by atoms with E-state index in [4.69, 9.17) is 15.0 Å². The molecule has 96 valence electrons. The van der Waals surface area contributed by atoms with Crippen LogP contribution >= 0.6 is 0 Å². The van der Waals surface area contributed by atoms with Crippen LogP contribution in [0.4, 0.5) is 4.79 Å². The summed E-state index contributed by atoms with van der Waals surface area (Å²) in [5, 5.41) is 1.19. The van der Waals surface area contributed by atoms with Crippen LogP contribution in [-0.4, -0.2) is 24.2 Å². The van der Waals surface area contributed by atoms with Gasteiger partial charge in [0.05, 0.1) is 13.2 Å². The molecule has 0 spiro atoms. The number of rotatable bonds is 7. The van der Waals surface area contributed by atoms with Gasteiger partial charge in [0, 0.05) is 6.42 Å². The molecule has 5 heteroatoms. The number of carbonyl (C=O) groups is 1. The van der Waals surface area contributed by atoms with E-state index in [-0.39, 0.29) is 0 Å². The highest BCUT2D eigenvalue weighted by Gasteiger charge is 2.11. The van der Waals surface area contributed by atoms with E-state index in [1.165, 1.54) is 5.06 Å². The third-order valence-corrected chi connectivity index (χ3v) is 2.35. The second-order valence-corrected chi connectivity index (χ2v) is 3.89. The second kappa shape index (κ2) is 6.96. The van der Waals surface area contributed by atoms with Gasteiger partial charge in [0.25, 0.3) is 0 Å². The molecular weight excluding hydrogens is 220 g/mol. The van der Waals surface area contributed by atoms with Crippen molar-refractivity contribution in [3.63, 3.8) is 0 Å². The summed E-state index contributed by atoms with van der Waals surface area (Å²) in [6.45, 7) is 4.86. The highest BCUT2D eigenvalue weighted by atomic mass is 16.7. The number of aryl methyl sites for hydroxylation is 1. The van der Waals surface area contributed by atoms with Crippen LogP contribution in [0.25, 0.3) is 0 Å². The monoisotopic (exact) mass is 240 g/mol. The van der Waals surface area contributed by atoms with Crippen LogP contribution < -0.4 is 5.73 Å². The fourth-order valence-electron chi connectivity index (χ4n) is 1.39. The van der Waals surface area contributed by atoms with Crippen LogP contribution in [0.1, 0.15) is 31.3 Å². The molecule has 0 fully saturated rings. The van der Waals surface area contributed by atoms with E-state index in [0.29, 0.717) is 19.6 Å². The van der Waals surface area contributed by atoms with Crippen LogP contribution in [0.2, 0.25) is 0 Å². The number of nitrogens with two attached hydrogens (primary N) is 1. The van der Waals surface area contributed by atoms with Gasteiger partial charge in [-0.2, -0.15) is 0 Å². The SMILES string of the molecule is CCCCON(CCc1ccc(C)o1)C(N)=O. The molecule has 1 aromatic rings. The van der Waals surface area contributed by atoms with Crippen molar-refractivity contribution in [3.8, 4) is 0 Å². The third kappa shape index (κ3) is 4.91. The van der Waals surface area contributed by atoms with Gasteiger partial charge in [-0.05, 0) is 25.5 Å². The van der Waals surface area contributed by atoms with Crippen LogP contribution in [0, 0.1) is 6.92 Å². The van der Waals surface area contributed by atoms with Gasteiger partial charge in [-0.15, -0.1) is 0 Å². The Labute approximate surface area is 101 Å². The molecule has 17 heavy (non-hydrogen) atoms. The first-order valence-corrected chi connectivity index (χ1v) is 5.88. The number of carbonyl (C=O) groups excluding carboxylic acids is 1. The van der Waals surface area contributed by atoms with Crippen LogP contribution in [0.15, 0.2) is 16.5 Å². The Morgan fingerprint density at radius 1 is 1.53 bits per heavy atom. The Morgan fingerprint density at radius 2 is 2.29 bits per heavy atom. The number of hydrogen-bond acceptors (Lipinski definition) is 3. The molecule has 1 rings (SSSR count). The Morgan fingerprint density at radius 3 is 2.82 bits per heavy atom. The van der Waals surface area contributed by atoms with E-state index < -0.39 is 6.03 Å². The fraction of sp³-hybridized carbons (Fsp3) is 0.583. The lowest BCUT2D eigenvalue weighted by atomic mass is 10.3. The summed E-state index contributed by atoms with van der Waals surface area (Å²) < 4.78 is 5.40. The maximum Gasteiger partial charge on any atom is 0.338 e. The molecular formula is C12H20N2O3. The minimum absolute atomic E-state index is 0.409. The van der Waals surface area contributed by atoms with Gasteiger partial charge in [-0.3, -0.25) is 4.84 Å². The molecule has 0 unspecified atom stereocenters. The number of nitrogens with zero attached hydrogens (tertiary/aromatic N) is 1. The average Bonchev–Trinajstić information content (AvgIpc) is 2.69. The number of hydroxylamine groups is 2.